The molecule has 2 rings (SSSR count). The van der Waals surface area contributed by atoms with E-state index in [9.17, 15) is 0 Å². The quantitative estimate of drug-likeness (QED) is 0.558. The van der Waals surface area contributed by atoms with Gasteiger partial charge in [-0.25, -0.2) is 0 Å². The first-order valence-electron chi connectivity index (χ1n) is 6.72. The van der Waals surface area contributed by atoms with E-state index in [-0.39, 0.29) is 0 Å². The van der Waals surface area contributed by atoms with Crippen LogP contribution < -0.4 is 4.90 Å². The monoisotopic (exact) mass is 227 g/mol. The first-order chi connectivity index (χ1) is 8.42. The summed E-state index contributed by atoms with van der Waals surface area (Å²) in [6, 6.07) is 11.1. The molecule has 1 saturated heterocycles. The molecule has 0 spiro atoms. The van der Waals surface area contributed by atoms with Crippen LogP contribution in [0, 0.1) is 11.8 Å². The minimum atomic E-state index is 0.457. The molecule has 1 aliphatic heterocycles. The number of para-hydroxylation sites is 1. The highest BCUT2D eigenvalue weighted by Gasteiger charge is 2.25. The minimum absolute atomic E-state index is 0.457. The number of hydrogen-bond donors (Lipinski definition) is 0. The van der Waals surface area contributed by atoms with E-state index in [0.717, 1.165) is 13.0 Å². The van der Waals surface area contributed by atoms with Crippen LogP contribution in [0.1, 0.15) is 39.0 Å². The molecule has 1 aromatic rings. The van der Waals surface area contributed by atoms with Gasteiger partial charge in [0, 0.05) is 18.7 Å². The SMILES string of the molecule is CCCCCC#CC1CCN1c1ccccc1. The summed E-state index contributed by atoms with van der Waals surface area (Å²) < 4.78 is 0. The number of hydrogen-bond acceptors (Lipinski definition) is 1. The van der Waals surface area contributed by atoms with Crippen molar-refractivity contribution in [2.24, 2.45) is 0 Å². The van der Waals surface area contributed by atoms with E-state index in [1.165, 1.54) is 31.4 Å². The fourth-order valence-corrected chi connectivity index (χ4v) is 2.12. The van der Waals surface area contributed by atoms with Crippen LogP contribution in [0.4, 0.5) is 5.69 Å². The second kappa shape index (κ2) is 6.35. The van der Waals surface area contributed by atoms with Gasteiger partial charge >= 0.3 is 0 Å². The van der Waals surface area contributed by atoms with Gasteiger partial charge in [-0.1, -0.05) is 43.9 Å². The molecule has 1 heterocycles. The summed E-state index contributed by atoms with van der Waals surface area (Å²) in [6.07, 6.45) is 6.12. The largest absolute Gasteiger partial charge is 0.357 e. The van der Waals surface area contributed by atoms with Gasteiger partial charge in [0.1, 0.15) is 0 Å². The van der Waals surface area contributed by atoms with Gasteiger partial charge in [0.2, 0.25) is 0 Å². The molecule has 1 atom stereocenters. The lowest BCUT2D eigenvalue weighted by molar-refractivity contribution is 0.535. The summed E-state index contributed by atoms with van der Waals surface area (Å²) in [4.78, 5) is 2.40. The number of benzene rings is 1. The van der Waals surface area contributed by atoms with Crippen LogP contribution in [0.25, 0.3) is 0 Å². The number of unbranched alkanes of at least 4 members (excludes halogenated alkanes) is 3. The number of rotatable bonds is 4. The molecule has 90 valence electrons. The Hall–Kier alpha value is -1.42. The van der Waals surface area contributed by atoms with E-state index in [2.05, 4.69) is 54.0 Å². The van der Waals surface area contributed by atoms with Crippen LogP contribution in [0.2, 0.25) is 0 Å². The van der Waals surface area contributed by atoms with Crippen molar-refractivity contribution in [3.63, 3.8) is 0 Å². The fourth-order valence-electron chi connectivity index (χ4n) is 2.12. The van der Waals surface area contributed by atoms with Crippen LogP contribution >= 0.6 is 0 Å². The summed E-state index contributed by atoms with van der Waals surface area (Å²) in [7, 11) is 0. The summed E-state index contributed by atoms with van der Waals surface area (Å²) in [5.41, 5.74) is 1.31. The molecule has 1 fully saturated rings. The third-order valence-electron chi connectivity index (χ3n) is 3.28. The summed E-state index contributed by atoms with van der Waals surface area (Å²) in [5.74, 6) is 6.73. The molecule has 1 unspecified atom stereocenters. The normalized spacial score (nSPS) is 18.2. The first kappa shape index (κ1) is 12.0. The Bertz CT molecular complexity index is 385. The van der Waals surface area contributed by atoms with Crippen LogP contribution in [-0.4, -0.2) is 12.6 Å². The molecule has 1 aliphatic rings. The molecule has 0 aliphatic carbocycles. The van der Waals surface area contributed by atoms with Crippen LogP contribution in [0.5, 0.6) is 0 Å². The maximum atomic E-state index is 3.40. The molecule has 0 N–H and O–H groups in total. The van der Waals surface area contributed by atoms with Crippen molar-refractivity contribution in [2.45, 2.75) is 45.1 Å². The molecular weight excluding hydrogens is 206 g/mol. The molecule has 17 heavy (non-hydrogen) atoms. The Kier molecular flexibility index (Phi) is 4.50. The molecule has 1 nitrogen and oxygen atoms in total. The third-order valence-corrected chi connectivity index (χ3v) is 3.28. The Morgan fingerprint density at radius 1 is 1.24 bits per heavy atom. The van der Waals surface area contributed by atoms with Crippen molar-refractivity contribution in [1.29, 1.82) is 0 Å². The van der Waals surface area contributed by atoms with Gasteiger partial charge in [-0.05, 0) is 25.0 Å². The highest BCUT2D eigenvalue weighted by atomic mass is 15.2. The van der Waals surface area contributed by atoms with Crippen LogP contribution in [0.15, 0.2) is 30.3 Å². The second-order valence-electron chi connectivity index (χ2n) is 4.61. The maximum Gasteiger partial charge on any atom is 0.0920 e. The van der Waals surface area contributed by atoms with Crippen molar-refractivity contribution >= 4 is 5.69 Å². The minimum Gasteiger partial charge on any atom is -0.357 e. The number of anilines is 1. The van der Waals surface area contributed by atoms with E-state index in [4.69, 9.17) is 0 Å². The van der Waals surface area contributed by atoms with Gasteiger partial charge in [-0.2, -0.15) is 0 Å². The highest BCUT2D eigenvalue weighted by molar-refractivity contribution is 5.51. The lowest BCUT2D eigenvalue weighted by Gasteiger charge is -2.39. The zero-order chi connectivity index (χ0) is 11.9. The van der Waals surface area contributed by atoms with Crippen molar-refractivity contribution in [3.05, 3.63) is 30.3 Å². The third kappa shape index (κ3) is 3.27. The standard InChI is InChI=1S/C16H21N/c1-2-3-4-5-7-12-16-13-14-17(16)15-10-8-6-9-11-15/h6,8-11,16H,2-5,13-14H2,1H3. The summed E-state index contributed by atoms with van der Waals surface area (Å²) >= 11 is 0. The predicted molar refractivity (Wildman–Crippen MR) is 74.1 cm³/mol. The van der Waals surface area contributed by atoms with Gasteiger partial charge in [0.15, 0.2) is 0 Å². The zero-order valence-corrected chi connectivity index (χ0v) is 10.7. The van der Waals surface area contributed by atoms with Gasteiger partial charge in [-0.3, -0.25) is 0 Å². The topological polar surface area (TPSA) is 3.24 Å². The van der Waals surface area contributed by atoms with E-state index in [1.54, 1.807) is 0 Å². The smallest absolute Gasteiger partial charge is 0.0920 e. The molecule has 0 amide bonds. The van der Waals surface area contributed by atoms with Crippen LogP contribution in [-0.2, 0) is 0 Å². The number of nitrogens with zero attached hydrogens (tertiary/aromatic N) is 1. The predicted octanol–water partition coefficient (Wildman–Crippen LogP) is 3.85. The first-order valence-corrected chi connectivity index (χ1v) is 6.72. The average molecular weight is 227 g/mol. The second-order valence-corrected chi connectivity index (χ2v) is 4.61. The van der Waals surface area contributed by atoms with E-state index in [0.29, 0.717) is 6.04 Å². The maximum absolute atomic E-state index is 3.40. The molecule has 0 radical (unpaired) electrons. The Labute approximate surface area is 105 Å². The molecule has 1 aromatic carbocycles. The van der Waals surface area contributed by atoms with Crippen molar-refractivity contribution in [3.8, 4) is 11.8 Å². The highest BCUT2D eigenvalue weighted by Crippen LogP contribution is 2.25. The summed E-state index contributed by atoms with van der Waals surface area (Å²) in [5, 5.41) is 0. The molecule has 1 heteroatoms. The molecule has 0 bridgehead atoms. The zero-order valence-electron chi connectivity index (χ0n) is 10.7. The van der Waals surface area contributed by atoms with Crippen molar-refractivity contribution < 1.29 is 0 Å². The molecule has 0 saturated carbocycles. The lowest BCUT2D eigenvalue weighted by atomic mass is 10.0. The Balaban J connectivity index is 1.83. The average Bonchev–Trinajstić information content (AvgIpc) is 2.33. The van der Waals surface area contributed by atoms with Gasteiger partial charge in [0.25, 0.3) is 0 Å². The van der Waals surface area contributed by atoms with Crippen molar-refractivity contribution in [2.75, 3.05) is 11.4 Å². The lowest BCUT2D eigenvalue weighted by Crippen LogP contribution is -2.46. The molecular formula is C16H21N. The van der Waals surface area contributed by atoms with Crippen LogP contribution in [0.3, 0.4) is 0 Å². The van der Waals surface area contributed by atoms with E-state index >= 15 is 0 Å². The molecule has 0 aromatic heterocycles. The Morgan fingerprint density at radius 2 is 2.06 bits per heavy atom. The van der Waals surface area contributed by atoms with Gasteiger partial charge < -0.3 is 4.90 Å². The summed E-state index contributed by atoms with van der Waals surface area (Å²) in [6.45, 7) is 3.38. The fraction of sp³-hybridized carbons (Fsp3) is 0.500. The van der Waals surface area contributed by atoms with E-state index < -0.39 is 0 Å². The van der Waals surface area contributed by atoms with E-state index in [1.807, 2.05) is 0 Å². The van der Waals surface area contributed by atoms with Gasteiger partial charge in [0.05, 0.1) is 6.04 Å². The van der Waals surface area contributed by atoms with Crippen molar-refractivity contribution in [1.82, 2.24) is 0 Å². The Morgan fingerprint density at radius 3 is 2.71 bits per heavy atom. The van der Waals surface area contributed by atoms with Gasteiger partial charge in [-0.15, -0.1) is 5.92 Å².